The Hall–Kier alpha value is -6.07. The number of aryl methyl sites for hydroxylation is 1. The Balaban J connectivity index is 1.36. The molecule has 1 unspecified atom stereocenters. The average molecular weight is 569 g/mol. The van der Waals surface area contributed by atoms with Gasteiger partial charge in [0.15, 0.2) is 12.0 Å². The standard InChI is InChI=1S/C36H24N8/c37-21-22-8-3-9-23(20-22)32-33(41-31-15-2-1-14-30(31)40-32)36-43-34(26-10-4-16-28-24(26)12-6-18-38-28)42-35(44-36)27-11-5-17-29-25(27)13-7-19-39-29/h1-4,6-16,18-20,34H,5,17H2,(H,42,43,44). The summed E-state index contributed by atoms with van der Waals surface area (Å²) in [6.07, 6.45) is 7.01. The third kappa shape index (κ3) is 4.48. The van der Waals surface area contributed by atoms with Crippen LogP contribution in [0.5, 0.6) is 0 Å². The minimum atomic E-state index is -0.566. The van der Waals surface area contributed by atoms with Crippen LogP contribution in [0.15, 0.2) is 119 Å². The van der Waals surface area contributed by atoms with Gasteiger partial charge in [0.05, 0.1) is 28.2 Å². The van der Waals surface area contributed by atoms with E-state index in [1.54, 1.807) is 12.3 Å². The van der Waals surface area contributed by atoms with Crippen LogP contribution in [0.1, 0.15) is 40.7 Å². The van der Waals surface area contributed by atoms with Crippen LogP contribution in [0.3, 0.4) is 0 Å². The summed E-state index contributed by atoms with van der Waals surface area (Å²) in [7, 11) is 0. The number of aliphatic imine (C=N–C) groups is 2. The van der Waals surface area contributed by atoms with Gasteiger partial charge in [0, 0.05) is 45.7 Å². The first-order chi connectivity index (χ1) is 21.7. The molecule has 0 fully saturated rings. The molecule has 3 aromatic heterocycles. The second-order valence-electron chi connectivity index (χ2n) is 10.6. The Morgan fingerprint density at radius 1 is 0.727 bits per heavy atom. The van der Waals surface area contributed by atoms with E-state index in [0.717, 1.165) is 62.7 Å². The van der Waals surface area contributed by atoms with Crippen LogP contribution in [-0.4, -0.2) is 31.6 Å². The summed E-state index contributed by atoms with van der Waals surface area (Å²) in [4.78, 5) is 29.8. The van der Waals surface area contributed by atoms with Crippen molar-refractivity contribution in [2.45, 2.75) is 19.0 Å². The number of hydrogen-bond acceptors (Lipinski definition) is 8. The molecule has 1 aliphatic carbocycles. The lowest BCUT2D eigenvalue weighted by atomic mass is 9.93. The predicted molar refractivity (Wildman–Crippen MR) is 172 cm³/mol. The van der Waals surface area contributed by atoms with Crippen molar-refractivity contribution < 1.29 is 0 Å². The summed E-state index contributed by atoms with van der Waals surface area (Å²) >= 11 is 0. The van der Waals surface area contributed by atoms with E-state index in [2.05, 4.69) is 45.6 Å². The summed E-state index contributed by atoms with van der Waals surface area (Å²) in [6.45, 7) is 0. The number of benzene rings is 3. The Morgan fingerprint density at radius 2 is 1.50 bits per heavy atom. The molecular formula is C36H24N8. The molecule has 2 aliphatic rings. The highest BCUT2D eigenvalue weighted by atomic mass is 15.2. The molecule has 3 aromatic carbocycles. The van der Waals surface area contributed by atoms with Crippen molar-refractivity contribution in [3.05, 3.63) is 138 Å². The van der Waals surface area contributed by atoms with Gasteiger partial charge in [0.1, 0.15) is 17.2 Å². The summed E-state index contributed by atoms with van der Waals surface area (Å²) in [5, 5.41) is 14.2. The third-order valence-corrected chi connectivity index (χ3v) is 7.92. The van der Waals surface area contributed by atoms with Gasteiger partial charge in [-0.3, -0.25) is 9.97 Å². The van der Waals surface area contributed by atoms with Gasteiger partial charge in [-0.05, 0) is 55.3 Å². The predicted octanol–water partition coefficient (Wildman–Crippen LogP) is 6.59. The molecular weight excluding hydrogens is 544 g/mol. The number of nitrogens with one attached hydrogen (secondary N) is 1. The number of aromatic nitrogens is 4. The van der Waals surface area contributed by atoms with Crippen LogP contribution >= 0.6 is 0 Å². The molecule has 4 heterocycles. The molecule has 1 aliphatic heterocycles. The normalized spacial score (nSPS) is 15.9. The molecule has 6 aromatic rings. The molecule has 8 nitrogen and oxygen atoms in total. The monoisotopic (exact) mass is 568 g/mol. The highest BCUT2D eigenvalue weighted by Crippen LogP contribution is 2.34. The number of pyridine rings is 2. The molecule has 1 N–H and O–H groups in total. The van der Waals surface area contributed by atoms with Crippen LogP contribution in [0.2, 0.25) is 0 Å². The van der Waals surface area contributed by atoms with Crippen LogP contribution in [-0.2, 0) is 6.42 Å². The van der Waals surface area contributed by atoms with E-state index in [9.17, 15) is 5.26 Å². The largest absolute Gasteiger partial charge is 0.323 e. The quantitative estimate of drug-likeness (QED) is 0.257. The summed E-state index contributed by atoms with van der Waals surface area (Å²) in [5.41, 5.74) is 8.93. The smallest absolute Gasteiger partial charge is 0.170 e. The summed E-state index contributed by atoms with van der Waals surface area (Å²) in [5.74, 6) is 1.25. The zero-order valence-corrected chi connectivity index (χ0v) is 23.5. The summed E-state index contributed by atoms with van der Waals surface area (Å²) in [6, 6.07) is 31.5. The van der Waals surface area contributed by atoms with Gasteiger partial charge in [0.25, 0.3) is 0 Å². The maximum Gasteiger partial charge on any atom is 0.170 e. The SMILES string of the molecule is N#Cc1cccc(-c2nc3ccccc3nc2C2=NC(c3cccc4ncccc34)N=C(C3=CCCc4ncccc43)N2)c1. The number of fused-ring (bicyclic) bond motifs is 3. The van der Waals surface area contributed by atoms with Crippen molar-refractivity contribution >= 4 is 39.2 Å². The maximum absolute atomic E-state index is 9.65. The van der Waals surface area contributed by atoms with Crippen molar-refractivity contribution in [1.82, 2.24) is 25.3 Å². The van der Waals surface area contributed by atoms with E-state index >= 15 is 0 Å². The summed E-state index contributed by atoms with van der Waals surface area (Å²) < 4.78 is 0. The fourth-order valence-electron chi connectivity index (χ4n) is 5.87. The highest BCUT2D eigenvalue weighted by molar-refractivity contribution is 6.30. The number of nitriles is 1. The number of nitrogens with zero attached hydrogens (tertiary/aromatic N) is 7. The van der Waals surface area contributed by atoms with E-state index in [1.165, 1.54) is 0 Å². The fourth-order valence-corrected chi connectivity index (χ4v) is 5.87. The second-order valence-corrected chi connectivity index (χ2v) is 10.6. The first kappa shape index (κ1) is 25.6. The van der Waals surface area contributed by atoms with Crippen LogP contribution in [0.25, 0.3) is 38.8 Å². The molecule has 44 heavy (non-hydrogen) atoms. The van der Waals surface area contributed by atoms with Crippen molar-refractivity contribution in [1.29, 1.82) is 5.26 Å². The number of hydrogen-bond donors (Lipinski definition) is 1. The number of rotatable bonds is 4. The lowest BCUT2D eigenvalue weighted by molar-refractivity contribution is 0.762. The Labute approximate surface area is 253 Å². The van der Waals surface area contributed by atoms with Gasteiger partial charge in [-0.2, -0.15) is 5.26 Å². The zero-order chi connectivity index (χ0) is 29.5. The van der Waals surface area contributed by atoms with Crippen molar-refractivity contribution in [2.24, 2.45) is 9.98 Å². The van der Waals surface area contributed by atoms with Gasteiger partial charge in [0.2, 0.25) is 0 Å². The van der Waals surface area contributed by atoms with Crippen molar-refractivity contribution in [3.8, 4) is 17.3 Å². The van der Waals surface area contributed by atoms with E-state index in [-0.39, 0.29) is 0 Å². The molecule has 208 valence electrons. The lowest BCUT2D eigenvalue weighted by Gasteiger charge is -2.26. The zero-order valence-electron chi connectivity index (χ0n) is 23.5. The Bertz CT molecular complexity index is 2240. The van der Waals surface area contributed by atoms with E-state index < -0.39 is 6.17 Å². The van der Waals surface area contributed by atoms with Crippen molar-refractivity contribution in [2.75, 3.05) is 0 Å². The molecule has 8 heteroatoms. The van der Waals surface area contributed by atoms with E-state index in [0.29, 0.717) is 28.6 Å². The average Bonchev–Trinajstić information content (AvgIpc) is 3.10. The first-order valence-corrected chi connectivity index (χ1v) is 14.4. The molecule has 0 radical (unpaired) electrons. The van der Waals surface area contributed by atoms with Crippen LogP contribution in [0.4, 0.5) is 0 Å². The lowest BCUT2D eigenvalue weighted by Crippen LogP contribution is -2.37. The molecule has 0 saturated carbocycles. The Kier molecular flexibility index (Phi) is 6.20. The van der Waals surface area contributed by atoms with Gasteiger partial charge < -0.3 is 5.32 Å². The topological polar surface area (TPSA) is 112 Å². The fraction of sp³-hybridized carbons (Fsp3) is 0.0833. The molecule has 0 amide bonds. The highest BCUT2D eigenvalue weighted by Gasteiger charge is 2.28. The molecule has 0 bridgehead atoms. The van der Waals surface area contributed by atoms with Crippen LogP contribution < -0.4 is 5.32 Å². The van der Waals surface area contributed by atoms with Crippen LogP contribution in [0, 0.1) is 11.3 Å². The minimum absolute atomic E-state index is 0.543. The minimum Gasteiger partial charge on any atom is -0.323 e. The van der Waals surface area contributed by atoms with Gasteiger partial charge >= 0.3 is 0 Å². The van der Waals surface area contributed by atoms with Gasteiger partial charge in [-0.15, -0.1) is 0 Å². The second kappa shape index (κ2) is 10.6. The number of amidine groups is 2. The molecule has 8 rings (SSSR count). The first-order valence-electron chi connectivity index (χ1n) is 14.4. The molecule has 0 saturated heterocycles. The number of allylic oxidation sites excluding steroid dienone is 1. The van der Waals surface area contributed by atoms with Crippen molar-refractivity contribution in [3.63, 3.8) is 0 Å². The van der Waals surface area contributed by atoms with E-state index in [1.807, 2.05) is 72.9 Å². The maximum atomic E-state index is 9.65. The molecule has 0 spiro atoms. The Morgan fingerprint density at radius 3 is 2.39 bits per heavy atom. The third-order valence-electron chi connectivity index (χ3n) is 7.92. The van der Waals surface area contributed by atoms with E-state index in [4.69, 9.17) is 20.0 Å². The van der Waals surface area contributed by atoms with Gasteiger partial charge in [-0.25, -0.2) is 20.0 Å². The number of para-hydroxylation sites is 2. The molecule has 1 atom stereocenters. The van der Waals surface area contributed by atoms with Gasteiger partial charge in [-0.1, -0.05) is 54.6 Å².